The van der Waals surface area contributed by atoms with Crippen molar-refractivity contribution in [1.29, 1.82) is 0 Å². The van der Waals surface area contributed by atoms with Crippen LogP contribution in [-0.4, -0.2) is 8.42 Å². The zero-order valence-electron chi connectivity index (χ0n) is 6.30. The van der Waals surface area contributed by atoms with Crippen LogP contribution >= 0.6 is 26.6 Å². The van der Waals surface area contributed by atoms with Crippen LogP contribution in [-0.2, 0) is 9.33 Å². The van der Waals surface area contributed by atoms with Crippen molar-refractivity contribution in [3.63, 3.8) is 0 Å². The van der Waals surface area contributed by atoms with Crippen LogP contribution < -0.4 is 4.18 Å². The van der Waals surface area contributed by atoms with E-state index in [2.05, 4.69) is 30.8 Å². The maximum atomic E-state index is 12.9. The third kappa shape index (κ3) is 3.07. The lowest BCUT2D eigenvalue weighted by Crippen LogP contribution is -2.02. The lowest BCUT2D eigenvalue weighted by atomic mass is 10.3. The summed E-state index contributed by atoms with van der Waals surface area (Å²) in [4.78, 5) is 0. The predicted octanol–water partition coefficient (Wildman–Crippen LogP) is 2.59. The Labute approximate surface area is 91.4 Å². The second kappa shape index (κ2) is 4.00. The lowest BCUT2D eigenvalue weighted by molar-refractivity contribution is 0.469. The van der Waals surface area contributed by atoms with E-state index in [-0.39, 0.29) is 4.47 Å². The van der Waals surface area contributed by atoms with Crippen molar-refractivity contribution in [3.05, 3.63) is 28.2 Å². The fourth-order valence-electron chi connectivity index (χ4n) is 0.675. The van der Waals surface area contributed by atoms with E-state index in [9.17, 15) is 17.2 Å². The van der Waals surface area contributed by atoms with E-state index in [1.165, 1.54) is 0 Å². The van der Waals surface area contributed by atoms with Crippen molar-refractivity contribution in [2.75, 3.05) is 0 Å². The normalized spacial score (nSPS) is 11.4. The van der Waals surface area contributed by atoms with E-state index in [1.807, 2.05) is 0 Å². The van der Waals surface area contributed by atoms with Crippen LogP contribution in [0.5, 0.6) is 5.75 Å². The first-order chi connectivity index (χ1) is 6.29. The fourth-order valence-corrected chi connectivity index (χ4v) is 1.54. The molecule has 0 aliphatic carbocycles. The summed E-state index contributed by atoms with van der Waals surface area (Å²) in [5, 5.41) is 0. The Hall–Kier alpha value is -0.400. The van der Waals surface area contributed by atoms with Crippen LogP contribution in [0.15, 0.2) is 16.6 Å². The van der Waals surface area contributed by atoms with Crippen molar-refractivity contribution >= 4 is 35.9 Å². The summed E-state index contributed by atoms with van der Waals surface area (Å²) in [6.07, 6.45) is 0. The SMILES string of the molecule is O=S(=O)(Cl)Oc1cc(F)c(Br)cc1F. The summed E-state index contributed by atoms with van der Waals surface area (Å²) in [7, 11) is 0.302. The molecule has 8 heteroatoms. The highest BCUT2D eigenvalue weighted by Gasteiger charge is 2.15. The Morgan fingerprint density at radius 1 is 1.29 bits per heavy atom. The highest BCUT2D eigenvalue weighted by molar-refractivity contribution is 9.10. The van der Waals surface area contributed by atoms with Crippen LogP contribution in [0.4, 0.5) is 8.78 Å². The quantitative estimate of drug-likeness (QED) is 0.623. The third-order valence-electron chi connectivity index (χ3n) is 1.16. The third-order valence-corrected chi connectivity index (χ3v) is 2.34. The number of hydrogen-bond acceptors (Lipinski definition) is 3. The van der Waals surface area contributed by atoms with Crippen molar-refractivity contribution in [1.82, 2.24) is 0 Å². The topological polar surface area (TPSA) is 43.4 Å². The van der Waals surface area contributed by atoms with Crippen molar-refractivity contribution < 1.29 is 21.4 Å². The molecule has 1 aromatic carbocycles. The summed E-state index contributed by atoms with van der Waals surface area (Å²) in [6.45, 7) is 0. The van der Waals surface area contributed by atoms with Gasteiger partial charge in [0.25, 0.3) is 0 Å². The predicted molar refractivity (Wildman–Crippen MR) is 49.5 cm³/mol. The van der Waals surface area contributed by atoms with Gasteiger partial charge in [0.1, 0.15) is 5.82 Å². The summed E-state index contributed by atoms with van der Waals surface area (Å²) < 4.78 is 50.3. The molecule has 0 amide bonds. The maximum absolute atomic E-state index is 12.9. The fraction of sp³-hybridized carbons (Fsp3) is 0. The summed E-state index contributed by atoms with van der Waals surface area (Å²) in [6, 6.07) is 1.30. The lowest BCUT2D eigenvalue weighted by Gasteiger charge is -2.03. The van der Waals surface area contributed by atoms with Gasteiger partial charge in [0, 0.05) is 6.07 Å². The first-order valence-electron chi connectivity index (χ1n) is 3.08. The van der Waals surface area contributed by atoms with Gasteiger partial charge in [-0.25, -0.2) is 8.78 Å². The van der Waals surface area contributed by atoms with Crippen LogP contribution in [0.2, 0.25) is 0 Å². The molecule has 3 nitrogen and oxygen atoms in total. The molecular formula is C6H2BrClF2O3S. The molecule has 0 aliphatic rings. The Kier molecular flexibility index (Phi) is 3.33. The number of benzene rings is 1. The van der Waals surface area contributed by atoms with E-state index in [1.54, 1.807) is 0 Å². The Balaban J connectivity index is 3.17. The van der Waals surface area contributed by atoms with Crippen LogP contribution in [0.25, 0.3) is 0 Å². The molecule has 0 saturated carbocycles. The van der Waals surface area contributed by atoms with Crippen LogP contribution in [0.3, 0.4) is 0 Å². The second-order valence-electron chi connectivity index (χ2n) is 2.17. The van der Waals surface area contributed by atoms with Gasteiger partial charge in [-0.1, -0.05) is 0 Å². The molecule has 0 spiro atoms. The molecule has 0 heterocycles. The van der Waals surface area contributed by atoms with Crippen molar-refractivity contribution in [2.24, 2.45) is 0 Å². The Morgan fingerprint density at radius 2 is 1.86 bits per heavy atom. The summed E-state index contributed by atoms with van der Waals surface area (Å²) >= 11 is 2.71. The molecule has 78 valence electrons. The van der Waals surface area contributed by atoms with Gasteiger partial charge in [0.2, 0.25) is 0 Å². The van der Waals surface area contributed by atoms with Crippen LogP contribution in [0.1, 0.15) is 0 Å². The zero-order chi connectivity index (χ0) is 10.9. The smallest absolute Gasteiger partial charge is 0.368 e. The minimum absolute atomic E-state index is 0.144. The molecule has 14 heavy (non-hydrogen) atoms. The standard InChI is InChI=1S/C6H2BrClF2O3S/c7-3-1-5(10)6(2-4(3)9)13-14(8,11)12/h1-2H. The summed E-state index contributed by atoms with van der Waals surface area (Å²) in [5.74, 6) is -2.69. The van der Waals surface area contributed by atoms with E-state index in [0.29, 0.717) is 6.07 Å². The van der Waals surface area contributed by atoms with E-state index in [4.69, 9.17) is 0 Å². The Morgan fingerprint density at radius 3 is 2.36 bits per heavy atom. The number of hydrogen-bond donors (Lipinski definition) is 0. The molecule has 0 radical (unpaired) electrons. The van der Waals surface area contributed by atoms with Gasteiger partial charge >= 0.3 is 9.33 Å². The number of halogens is 4. The molecule has 1 aromatic rings. The first kappa shape index (κ1) is 11.7. The molecule has 0 unspecified atom stereocenters. The zero-order valence-corrected chi connectivity index (χ0v) is 9.46. The van der Waals surface area contributed by atoms with Gasteiger partial charge < -0.3 is 4.18 Å². The molecule has 0 saturated heterocycles. The molecule has 0 fully saturated rings. The molecule has 0 N–H and O–H groups in total. The Bertz CT molecular complexity index is 462. The van der Waals surface area contributed by atoms with Crippen molar-refractivity contribution in [2.45, 2.75) is 0 Å². The minimum Gasteiger partial charge on any atom is -0.368 e. The van der Waals surface area contributed by atoms with Crippen molar-refractivity contribution in [3.8, 4) is 5.75 Å². The van der Waals surface area contributed by atoms with E-state index < -0.39 is 26.7 Å². The maximum Gasteiger partial charge on any atom is 0.401 e. The molecule has 0 aliphatic heterocycles. The summed E-state index contributed by atoms with van der Waals surface area (Å²) in [5.41, 5.74) is 0. The monoisotopic (exact) mass is 306 g/mol. The van der Waals surface area contributed by atoms with Gasteiger partial charge in [0.05, 0.1) is 15.2 Å². The molecule has 0 bridgehead atoms. The average molecular weight is 307 g/mol. The van der Waals surface area contributed by atoms with E-state index in [0.717, 1.165) is 6.07 Å². The van der Waals surface area contributed by atoms with Gasteiger partial charge in [-0.05, 0) is 22.0 Å². The van der Waals surface area contributed by atoms with Gasteiger partial charge in [0.15, 0.2) is 11.6 Å². The molecule has 0 aromatic heterocycles. The average Bonchev–Trinajstić information content (AvgIpc) is 1.97. The number of rotatable bonds is 2. The first-order valence-corrected chi connectivity index (χ1v) is 6.11. The van der Waals surface area contributed by atoms with Crippen LogP contribution in [0, 0.1) is 11.6 Å². The molecular weight excluding hydrogens is 305 g/mol. The van der Waals surface area contributed by atoms with Gasteiger partial charge in [-0.3, -0.25) is 0 Å². The largest absolute Gasteiger partial charge is 0.401 e. The van der Waals surface area contributed by atoms with Gasteiger partial charge in [-0.2, -0.15) is 8.42 Å². The highest BCUT2D eigenvalue weighted by atomic mass is 79.9. The van der Waals surface area contributed by atoms with Gasteiger partial charge in [-0.15, -0.1) is 0 Å². The minimum atomic E-state index is -4.38. The molecule has 1 rings (SSSR count). The second-order valence-corrected chi connectivity index (χ2v) is 5.11. The highest BCUT2D eigenvalue weighted by Crippen LogP contribution is 2.26. The van der Waals surface area contributed by atoms with E-state index >= 15 is 0 Å². The molecule has 0 atom stereocenters.